The Morgan fingerprint density at radius 2 is 1.77 bits per heavy atom. The Kier molecular flexibility index (Phi) is 4.62. The summed E-state index contributed by atoms with van der Waals surface area (Å²) in [5.41, 5.74) is -0.203. The number of carbonyl (C=O) groups is 1. The van der Waals surface area contributed by atoms with Crippen LogP contribution in [0.4, 0.5) is 0 Å². The lowest BCUT2D eigenvalue weighted by Gasteiger charge is -2.23. The molecule has 0 unspecified atom stereocenters. The van der Waals surface area contributed by atoms with Gasteiger partial charge in [-0.05, 0) is 13.0 Å². The minimum atomic E-state index is -0.203. The van der Waals surface area contributed by atoms with Crippen LogP contribution in [0.25, 0.3) is 0 Å². The molecule has 0 aromatic rings. The zero-order valence-electron chi connectivity index (χ0n) is 9.85. The normalized spacial score (nSPS) is 12.6. The Balaban J connectivity index is 3.93. The van der Waals surface area contributed by atoms with E-state index in [9.17, 15) is 4.79 Å². The van der Waals surface area contributed by atoms with Crippen LogP contribution < -0.4 is 0 Å². The number of nitrogens with zero attached hydrogens (tertiary/aromatic N) is 1. The number of ketones is 1. The van der Waals surface area contributed by atoms with Crippen LogP contribution in [0, 0.1) is 11.3 Å². The van der Waals surface area contributed by atoms with E-state index in [4.69, 9.17) is 0 Å². The summed E-state index contributed by atoms with van der Waals surface area (Å²) in [6.45, 7) is 11.8. The van der Waals surface area contributed by atoms with E-state index >= 15 is 0 Å². The summed E-state index contributed by atoms with van der Waals surface area (Å²) < 4.78 is 0. The maximum Gasteiger partial charge on any atom is 0.152 e. The molecule has 2 heteroatoms. The van der Waals surface area contributed by atoms with Crippen LogP contribution in [0.3, 0.4) is 0 Å². The summed E-state index contributed by atoms with van der Waals surface area (Å²) in [7, 11) is 2.00. The Morgan fingerprint density at radius 3 is 2.08 bits per heavy atom. The molecule has 78 valence electrons. The van der Waals surface area contributed by atoms with Gasteiger partial charge in [-0.25, -0.2) is 0 Å². The standard InChI is InChI=1S/C11H23NO/c1-9(2)7-12(6)8-10(13)11(3,4)5/h9H,7-8H2,1-6H3. The van der Waals surface area contributed by atoms with Gasteiger partial charge in [0.05, 0.1) is 6.54 Å². The smallest absolute Gasteiger partial charge is 0.152 e. The molecule has 0 rings (SSSR count). The number of rotatable bonds is 4. The maximum absolute atomic E-state index is 11.6. The van der Waals surface area contributed by atoms with Gasteiger partial charge < -0.3 is 0 Å². The average molecular weight is 185 g/mol. The van der Waals surface area contributed by atoms with Crippen LogP contribution in [-0.2, 0) is 4.79 Å². The number of hydrogen-bond donors (Lipinski definition) is 0. The van der Waals surface area contributed by atoms with E-state index in [1.807, 2.05) is 27.8 Å². The molecule has 0 aromatic carbocycles. The van der Waals surface area contributed by atoms with Gasteiger partial charge in [0.15, 0.2) is 5.78 Å². The van der Waals surface area contributed by atoms with Gasteiger partial charge in [0.25, 0.3) is 0 Å². The molecule has 0 saturated carbocycles. The third-order valence-electron chi connectivity index (χ3n) is 1.93. The van der Waals surface area contributed by atoms with E-state index in [2.05, 4.69) is 18.7 Å². The predicted octanol–water partition coefficient (Wildman–Crippen LogP) is 2.19. The molecule has 0 atom stereocenters. The first-order chi connectivity index (χ1) is 5.73. The summed E-state index contributed by atoms with van der Waals surface area (Å²) in [6.07, 6.45) is 0. The van der Waals surface area contributed by atoms with Crippen LogP contribution in [0.15, 0.2) is 0 Å². The van der Waals surface area contributed by atoms with Crippen LogP contribution in [0.5, 0.6) is 0 Å². The van der Waals surface area contributed by atoms with Gasteiger partial charge in [-0.3, -0.25) is 9.69 Å². The number of likely N-dealkylation sites (N-methyl/N-ethyl adjacent to an activating group) is 1. The quantitative estimate of drug-likeness (QED) is 0.669. The Hall–Kier alpha value is -0.370. The molecule has 0 aliphatic heterocycles. The van der Waals surface area contributed by atoms with Gasteiger partial charge in [0, 0.05) is 12.0 Å². The second-order valence-electron chi connectivity index (χ2n) is 5.26. The molecule has 0 bridgehead atoms. The van der Waals surface area contributed by atoms with Gasteiger partial charge in [-0.15, -0.1) is 0 Å². The minimum Gasteiger partial charge on any atom is -0.299 e. The van der Waals surface area contributed by atoms with Crippen molar-refractivity contribution in [2.75, 3.05) is 20.1 Å². The summed E-state index contributed by atoms with van der Waals surface area (Å²) in [5, 5.41) is 0. The third kappa shape index (κ3) is 5.81. The zero-order chi connectivity index (χ0) is 10.6. The van der Waals surface area contributed by atoms with Crippen molar-refractivity contribution in [3.8, 4) is 0 Å². The van der Waals surface area contributed by atoms with Crippen molar-refractivity contribution in [2.24, 2.45) is 11.3 Å². The van der Waals surface area contributed by atoms with E-state index in [1.165, 1.54) is 0 Å². The molecule has 0 radical (unpaired) electrons. The molecular weight excluding hydrogens is 162 g/mol. The first kappa shape index (κ1) is 12.6. The molecule has 0 amide bonds. The van der Waals surface area contributed by atoms with Crippen LogP contribution in [-0.4, -0.2) is 30.8 Å². The van der Waals surface area contributed by atoms with Crippen molar-refractivity contribution in [3.05, 3.63) is 0 Å². The highest BCUT2D eigenvalue weighted by molar-refractivity contribution is 5.85. The molecule has 0 fully saturated rings. The van der Waals surface area contributed by atoms with Crippen LogP contribution in [0.1, 0.15) is 34.6 Å². The molecule has 0 N–H and O–H groups in total. The lowest BCUT2D eigenvalue weighted by Crippen LogP contribution is -2.35. The Bertz CT molecular complexity index is 167. The monoisotopic (exact) mass is 185 g/mol. The van der Waals surface area contributed by atoms with Gasteiger partial charge in [0.2, 0.25) is 0 Å². The molecule has 0 aliphatic rings. The molecule has 0 aromatic heterocycles. The second-order valence-corrected chi connectivity index (χ2v) is 5.26. The lowest BCUT2D eigenvalue weighted by atomic mass is 9.90. The summed E-state index contributed by atoms with van der Waals surface area (Å²) >= 11 is 0. The fraction of sp³-hybridized carbons (Fsp3) is 0.909. The van der Waals surface area contributed by atoms with Crippen molar-refractivity contribution < 1.29 is 4.79 Å². The average Bonchev–Trinajstić information content (AvgIpc) is 1.82. The molecular formula is C11H23NO. The number of hydrogen-bond acceptors (Lipinski definition) is 2. The molecule has 13 heavy (non-hydrogen) atoms. The summed E-state index contributed by atoms with van der Waals surface area (Å²) in [4.78, 5) is 13.7. The predicted molar refractivity (Wildman–Crippen MR) is 56.8 cm³/mol. The maximum atomic E-state index is 11.6. The highest BCUT2D eigenvalue weighted by Crippen LogP contribution is 2.14. The fourth-order valence-corrected chi connectivity index (χ4v) is 1.17. The van der Waals surface area contributed by atoms with Crippen molar-refractivity contribution in [1.82, 2.24) is 4.90 Å². The van der Waals surface area contributed by atoms with Crippen molar-refractivity contribution in [3.63, 3.8) is 0 Å². The fourth-order valence-electron chi connectivity index (χ4n) is 1.17. The summed E-state index contributed by atoms with van der Waals surface area (Å²) in [6, 6.07) is 0. The van der Waals surface area contributed by atoms with E-state index < -0.39 is 0 Å². The van der Waals surface area contributed by atoms with E-state index in [0.717, 1.165) is 6.54 Å². The third-order valence-corrected chi connectivity index (χ3v) is 1.93. The first-order valence-electron chi connectivity index (χ1n) is 4.95. The topological polar surface area (TPSA) is 20.3 Å². The lowest BCUT2D eigenvalue weighted by molar-refractivity contribution is -0.127. The molecule has 0 heterocycles. The van der Waals surface area contributed by atoms with E-state index in [1.54, 1.807) is 0 Å². The summed E-state index contributed by atoms with van der Waals surface area (Å²) in [5.74, 6) is 0.938. The van der Waals surface area contributed by atoms with E-state index in [0.29, 0.717) is 18.2 Å². The van der Waals surface area contributed by atoms with E-state index in [-0.39, 0.29) is 5.41 Å². The Labute approximate surface area is 82.3 Å². The zero-order valence-corrected chi connectivity index (χ0v) is 9.85. The Morgan fingerprint density at radius 1 is 1.31 bits per heavy atom. The SMILES string of the molecule is CC(C)CN(C)CC(=O)C(C)(C)C. The van der Waals surface area contributed by atoms with Gasteiger partial charge in [0.1, 0.15) is 0 Å². The molecule has 0 aliphatic carbocycles. The van der Waals surface area contributed by atoms with Gasteiger partial charge >= 0.3 is 0 Å². The van der Waals surface area contributed by atoms with Crippen LogP contribution >= 0.6 is 0 Å². The number of carbonyl (C=O) groups excluding carboxylic acids is 1. The van der Waals surface area contributed by atoms with Gasteiger partial charge in [-0.1, -0.05) is 34.6 Å². The van der Waals surface area contributed by atoms with Crippen LogP contribution in [0.2, 0.25) is 0 Å². The number of Topliss-reactive ketones (excluding diaryl/α,β-unsaturated/α-hetero) is 1. The second kappa shape index (κ2) is 4.75. The van der Waals surface area contributed by atoms with Crippen molar-refractivity contribution in [1.29, 1.82) is 0 Å². The molecule has 0 spiro atoms. The minimum absolute atomic E-state index is 0.203. The van der Waals surface area contributed by atoms with Crippen molar-refractivity contribution >= 4 is 5.78 Å². The largest absolute Gasteiger partial charge is 0.299 e. The highest BCUT2D eigenvalue weighted by atomic mass is 16.1. The molecule has 2 nitrogen and oxygen atoms in total. The van der Waals surface area contributed by atoms with Gasteiger partial charge in [-0.2, -0.15) is 0 Å². The first-order valence-corrected chi connectivity index (χ1v) is 4.95. The molecule has 0 saturated heterocycles. The highest BCUT2D eigenvalue weighted by Gasteiger charge is 2.22. The van der Waals surface area contributed by atoms with Crippen molar-refractivity contribution in [2.45, 2.75) is 34.6 Å².